The van der Waals surface area contributed by atoms with E-state index in [1.807, 2.05) is 26.4 Å². The first-order chi connectivity index (χ1) is 15.6. The van der Waals surface area contributed by atoms with Crippen LogP contribution in [0.2, 0.25) is 0 Å². The number of benzene rings is 1. The summed E-state index contributed by atoms with van der Waals surface area (Å²) in [5.41, 5.74) is 3.09. The van der Waals surface area contributed by atoms with E-state index < -0.39 is 0 Å². The van der Waals surface area contributed by atoms with Crippen LogP contribution in [0, 0.1) is 12.8 Å². The standard InChI is InChI=1S/C26H32N4O2/c1-18-27-17-25(29(18)2)20-3-4-21-16-28-23(14-22(21)13-20)15-26(31)19-5-9-30(10-6-19)24-7-11-32-12-8-24/h3-4,13-14,16-17,19,24H,5-12,15H2,1-2H3. The summed E-state index contributed by atoms with van der Waals surface area (Å²) in [7, 11) is 2.03. The van der Waals surface area contributed by atoms with Gasteiger partial charge in [-0.3, -0.25) is 9.78 Å². The lowest BCUT2D eigenvalue weighted by Crippen LogP contribution is -2.45. The quantitative estimate of drug-likeness (QED) is 0.611. The van der Waals surface area contributed by atoms with Gasteiger partial charge in [0.15, 0.2) is 0 Å². The minimum atomic E-state index is 0.160. The lowest BCUT2D eigenvalue weighted by atomic mass is 9.88. The van der Waals surface area contributed by atoms with Crippen molar-refractivity contribution in [1.82, 2.24) is 19.4 Å². The number of likely N-dealkylation sites (tertiary alicyclic amines) is 1. The van der Waals surface area contributed by atoms with Crippen molar-refractivity contribution in [3.8, 4) is 11.3 Å². The highest BCUT2D eigenvalue weighted by molar-refractivity contribution is 5.88. The van der Waals surface area contributed by atoms with Crippen molar-refractivity contribution in [3.05, 3.63) is 48.2 Å². The second-order valence-electron chi connectivity index (χ2n) is 9.28. The summed E-state index contributed by atoms with van der Waals surface area (Å²) in [5.74, 6) is 1.48. The first kappa shape index (κ1) is 21.3. The molecule has 6 heteroatoms. The van der Waals surface area contributed by atoms with Crippen LogP contribution in [-0.2, 0) is 23.0 Å². The molecule has 2 fully saturated rings. The highest BCUT2D eigenvalue weighted by Crippen LogP contribution is 2.27. The van der Waals surface area contributed by atoms with Gasteiger partial charge in [-0.1, -0.05) is 12.1 Å². The molecule has 5 rings (SSSR count). The Morgan fingerprint density at radius 2 is 1.81 bits per heavy atom. The molecular formula is C26H32N4O2. The summed E-state index contributed by atoms with van der Waals surface area (Å²) in [6.07, 6.45) is 8.41. The summed E-state index contributed by atoms with van der Waals surface area (Å²) in [6, 6.07) is 9.10. The lowest BCUT2D eigenvalue weighted by Gasteiger charge is -2.38. The topological polar surface area (TPSA) is 60.3 Å². The van der Waals surface area contributed by atoms with E-state index in [9.17, 15) is 4.79 Å². The number of hydrogen-bond donors (Lipinski definition) is 0. The maximum atomic E-state index is 13.0. The molecule has 0 N–H and O–H groups in total. The van der Waals surface area contributed by atoms with Gasteiger partial charge in [0, 0.05) is 61.5 Å². The number of aromatic nitrogens is 3. The first-order valence-electron chi connectivity index (χ1n) is 11.8. The van der Waals surface area contributed by atoms with Crippen molar-refractivity contribution in [2.75, 3.05) is 26.3 Å². The Morgan fingerprint density at radius 3 is 2.53 bits per heavy atom. The van der Waals surface area contributed by atoms with Crippen molar-refractivity contribution in [2.24, 2.45) is 13.0 Å². The number of pyridine rings is 1. The third-order valence-electron chi connectivity index (χ3n) is 7.34. The van der Waals surface area contributed by atoms with Crippen molar-refractivity contribution in [1.29, 1.82) is 0 Å². The van der Waals surface area contributed by atoms with Gasteiger partial charge < -0.3 is 14.2 Å². The lowest BCUT2D eigenvalue weighted by molar-refractivity contribution is -0.124. The molecular weight excluding hydrogens is 400 g/mol. The van der Waals surface area contributed by atoms with Crippen LogP contribution in [0.25, 0.3) is 22.0 Å². The number of ketones is 1. The number of aryl methyl sites for hydroxylation is 1. The largest absolute Gasteiger partial charge is 0.381 e. The average molecular weight is 433 g/mol. The summed E-state index contributed by atoms with van der Waals surface area (Å²) in [5, 5.41) is 2.21. The Hall–Kier alpha value is -2.57. The fraction of sp³-hybridized carbons (Fsp3) is 0.500. The van der Waals surface area contributed by atoms with E-state index in [0.717, 1.165) is 85.5 Å². The molecule has 3 aromatic rings. The van der Waals surface area contributed by atoms with Crippen molar-refractivity contribution < 1.29 is 9.53 Å². The Labute approximate surface area is 189 Å². The number of ether oxygens (including phenoxy) is 1. The van der Waals surface area contributed by atoms with Gasteiger partial charge in [0.05, 0.1) is 11.9 Å². The van der Waals surface area contributed by atoms with Crippen molar-refractivity contribution in [3.63, 3.8) is 0 Å². The van der Waals surface area contributed by atoms with Crippen LogP contribution in [0.15, 0.2) is 36.7 Å². The van der Waals surface area contributed by atoms with Gasteiger partial charge in [-0.2, -0.15) is 0 Å². The monoisotopic (exact) mass is 432 g/mol. The predicted molar refractivity (Wildman–Crippen MR) is 126 cm³/mol. The molecule has 0 bridgehead atoms. The van der Waals surface area contributed by atoms with E-state index in [-0.39, 0.29) is 5.92 Å². The molecule has 2 aromatic heterocycles. The number of rotatable bonds is 5. The molecule has 1 aromatic carbocycles. The van der Waals surface area contributed by atoms with Gasteiger partial charge in [-0.15, -0.1) is 0 Å². The predicted octanol–water partition coefficient (Wildman–Crippen LogP) is 3.95. The van der Waals surface area contributed by atoms with Crippen LogP contribution >= 0.6 is 0 Å². The number of imidazole rings is 1. The van der Waals surface area contributed by atoms with Crippen LogP contribution in [0.1, 0.15) is 37.2 Å². The number of carbonyl (C=O) groups excluding carboxylic acids is 1. The van der Waals surface area contributed by atoms with Gasteiger partial charge >= 0.3 is 0 Å². The van der Waals surface area contributed by atoms with Crippen LogP contribution in [0.4, 0.5) is 0 Å². The van der Waals surface area contributed by atoms with Crippen LogP contribution < -0.4 is 0 Å². The fourth-order valence-corrected chi connectivity index (χ4v) is 5.17. The molecule has 0 atom stereocenters. The number of Topliss-reactive ketones (excluding diaryl/α,β-unsaturated/α-hetero) is 1. The third kappa shape index (κ3) is 4.34. The van der Waals surface area contributed by atoms with E-state index in [4.69, 9.17) is 4.74 Å². The molecule has 32 heavy (non-hydrogen) atoms. The molecule has 2 aliphatic heterocycles. The van der Waals surface area contributed by atoms with E-state index >= 15 is 0 Å². The van der Waals surface area contributed by atoms with Crippen molar-refractivity contribution in [2.45, 2.75) is 45.1 Å². The number of carbonyl (C=O) groups is 1. The summed E-state index contributed by atoms with van der Waals surface area (Å²) >= 11 is 0. The second-order valence-corrected chi connectivity index (χ2v) is 9.28. The number of fused-ring (bicyclic) bond motifs is 1. The normalized spacial score (nSPS) is 18.9. The molecule has 0 spiro atoms. The van der Waals surface area contributed by atoms with E-state index in [1.165, 1.54) is 0 Å². The van der Waals surface area contributed by atoms with Gasteiger partial charge in [0.2, 0.25) is 0 Å². The highest BCUT2D eigenvalue weighted by Gasteiger charge is 2.29. The van der Waals surface area contributed by atoms with E-state index in [1.54, 1.807) is 0 Å². The number of hydrogen-bond acceptors (Lipinski definition) is 5. The molecule has 0 aliphatic carbocycles. The van der Waals surface area contributed by atoms with Gasteiger partial charge in [0.25, 0.3) is 0 Å². The van der Waals surface area contributed by atoms with Crippen LogP contribution in [0.3, 0.4) is 0 Å². The maximum absolute atomic E-state index is 13.0. The molecule has 4 heterocycles. The summed E-state index contributed by atoms with van der Waals surface area (Å²) in [4.78, 5) is 24.6. The Bertz CT molecular complexity index is 1110. The molecule has 2 saturated heterocycles. The van der Waals surface area contributed by atoms with Gasteiger partial charge in [-0.25, -0.2) is 4.98 Å². The minimum Gasteiger partial charge on any atom is -0.381 e. The van der Waals surface area contributed by atoms with Crippen molar-refractivity contribution >= 4 is 16.6 Å². The Kier molecular flexibility index (Phi) is 6.07. The minimum absolute atomic E-state index is 0.160. The molecule has 168 valence electrons. The summed E-state index contributed by atoms with van der Waals surface area (Å²) in [6.45, 7) is 5.81. The maximum Gasteiger partial charge on any atom is 0.142 e. The number of nitrogens with zero attached hydrogens (tertiary/aromatic N) is 4. The Balaban J connectivity index is 1.25. The van der Waals surface area contributed by atoms with E-state index in [0.29, 0.717) is 18.2 Å². The van der Waals surface area contributed by atoms with Gasteiger partial charge in [-0.05, 0) is 63.2 Å². The molecule has 2 aliphatic rings. The molecule has 0 radical (unpaired) electrons. The molecule has 0 saturated carbocycles. The van der Waals surface area contributed by atoms with E-state index in [2.05, 4.69) is 43.7 Å². The zero-order valence-corrected chi connectivity index (χ0v) is 19.1. The zero-order valence-electron chi connectivity index (χ0n) is 19.1. The van der Waals surface area contributed by atoms with Gasteiger partial charge in [0.1, 0.15) is 11.6 Å². The first-order valence-corrected chi connectivity index (χ1v) is 11.8. The summed E-state index contributed by atoms with van der Waals surface area (Å²) < 4.78 is 7.59. The van der Waals surface area contributed by atoms with Crippen LogP contribution in [0.5, 0.6) is 0 Å². The average Bonchev–Trinajstić information content (AvgIpc) is 3.17. The molecule has 0 unspecified atom stereocenters. The highest BCUT2D eigenvalue weighted by atomic mass is 16.5. The smallest absolute Gasteiger partial charge is 0.142 e. The third-order valence-corrected chi connectivity index (χ3v) is 7.34. The Morgan fingerprint density at radius 1 is 1.03 bits per heavy atom. The molecule has 0 amide bonds. The number of piperidine rings is 1. The SMILES string of the molecule is Cc1ncc(-c2ccc3cnc(CC(=O)C4CCN(C5CCOCC5)CC4)cc3c2)n1C. The fourth-order valence-electron chi connectivity index (χ4n) is 5.17. The molecule has 6 nitrogen and oxygen atoms in total. The zero-order chi connectivity index (χ0) is 22.1. The van der Waals surface area contributed by atoms with Crippen LogP contribution in [-0.4, -0.2) is 57.6 Å². The second kappa shape index (κ2) is 9.12.